The second-order valence-corrected chi connectivity index (χ2v) is 15.2. The SMILES string of the molecule is c1ccc(C(Cc2ccc3c(c2)-c2ccccc2C32c3ccccc3Oc3c(N(c4ccccc4)c4ccccc4)cccc32)c2cccc3ccccc23)cc1. The highest BCUT2D eigenvalue weighted by atomic mass is 16.5. The molecule has 1 heterocycles. The van der Waals surface area contributed by atoms with Gasteiger partial charge in [0.1, 0.15) is 5.75 Å². The predicted octanol–water partition coefficient (Wildman–Crippen LogP) is 14.2. The molecule has 57 heavy (non-hydrogen) atoms. The average molecular weight is 730 g/mol. The number of fused-ring (bicyclic) bond motifs is 10. The van der Waals surface area contributed by atoms with E-state index in [9.17, 15) is 0 Å². The molecule has 1 aliphatic carbocycles. The van der Waals surface area contributed by atoms with E-state index in [1.165, 1.54) is 49.7 Å². The van der Waals surface area contributed by atoms with Crippen molar-refractivity contribution in [1.82, 2.24) is 0 Å². The van der Waals surface area contributed by atoms with Crippen molar-refractivity contribution in [2.75, 3.05) is 4.90 Å². The molecule has 1 aliphatic heterocycles. The topological polar surface area (TPSA) is 12.5 Å². The first kappa shape index (κ1) is 33.2. The summed E-state index contributed by atoms with van der Waals surface area (Å²) in [4.78, 5) is 2.32. The molecule has 270 valence electrons. The quantitative estimate of drug-likeness (QED) is 0.162. The molecule has 0 N–H and O–H groups in total. The number of rotatable bonds is 7. The van der Waals surface area contributed by atoms with Crippen LogP contribution in [-0.4, -0.2) is 0 Å². The molecule has 0 aromatic heterocycles. The molecule has 0 amide bonds. The maximum Gasteiger partial charge on any atom is 0.156 e. The lowest BCUT2D eigenvalue weighted by Gasteiger charge is -2.41. The minimum absolute atomic E-state index is 0.190. The van der Waals surface area contributed by atoms with Crippen LogP contribution in [0, 0.1) is 0 Å². The van der Waals surface area contributed by atoms with Crippen LogP contribution in [-0.2, 0) is 11.8 Å². The number of hydrogen-bond donors (Lipinski definition) is 0. The molecule has 9 aromatic carbocycles. The molecule has 2 aliphatic rings. The summed E-state index contributed by atoms with van der Waals surface area (Å²) >= 11 is 0. The lowest BCUT2D eigenvalue weighted by atomic mass is 9.66. The Morgan fingerprint density at radius 3 is 1.84 bits per heavy atom. The van der Waals surface area contributed by atoms with Crippen LogP contribution < -0.4 is 9.64 Å². The van der Waals surface area contributed by atoms with Crippen LogP contribution in [0.5, 0.6) is 11.5 Å². The van der Waals surface area contributed by atoms with E-state index in [1.54, 1.807) is 0 Å². The van der Waals surface area contributed by atoms with Crippen LogP contribution in [0.25, 0.3) is 21.9 Å². The fraction of sp³-hybridized carbons (Fsp3) is 0.0545. The van der Waals surface area contributed by atoms with Crippen LogP contribution in [0.1, 0.15) is 44.9 Å². The molecule has 2 nitrogen and oxygen atoms in total. The molecule has 0 saturated heterocycles. The first-order chi connectivity index (χ1) is 28.3. The lowest BCUT2D eigenvalue weighted by Crippen LogP contribution is -2.32. The summed E-state index contributed by atoms with van der Waals surface area (Å²) in [7, 11) is 0. The standard InChI is InChI=1S/C55H39NO/c1-4-18-40(19-5-1)46(44-28-16-21-39-20-10-11-26-43(39)44)36-38-34-35-49-47(37-38)45-27-12-13-29-48(45)55(49)50-30-14-15-33-53(50)57-54-51(55)31-17-32-52(54)56(41-22-6-2-7-23-41)42-24-8-3-9-25-42/h1-35,37,46H,36H2. The molecule has 0 saturated carbocycles. The molecule has 2 unspecified atom stereocenters. The summed E-state index contributed by atoms with van der Waals surface area (Å²) < 4.78 is 7.12. The molecular weight excluding hydrogens is 691 g/mol. The molecule has 0 fully saturated rings. The molecule has 2 atom stereocenters. The van der Waals surface area contributed by atoms with Gasteiger partial charge in [-0.2, -0.15) is 0 Å². The van der Waals surface area contributed by atoms with Crippen molar-refractivity contribution in [3.8, 4) is 22.6 Å². The van der Waals surface area contributed by atoms with Gasteiger partial charge in [-0.25, -0.2) is 0 Å². The highest BCUT2D eigenvalue weighted by molar-refractivity contribution is 5.92. The Morgan fingerprint density at radius 1 is 0.456 bits per heavy atom. The van der Waals surface area contributed by atoms with Crippen LogP contribution >= 0.6 is 0 Å². The van der Waals surface area contributed by atoms with E-state index in [1.807, 2.05) is 0 Å². The van der Waals surface area contributed by atoms with Gasteiger partial charge >= 0.3 is 0 Å². The monoisotopic (exact) mass is 729 g/mol. The fourth-order valence-electron chi connectivity index (χ4n) is 9.73. The van der Waals surface area contributed by atoms with Crippen molar-refractivity contribution in [3.63, 3.8) is 0 Å². The number of nitrogens with zero attached hydrogens (tertiary/aromatic N) is 1. The molecule has 1 spiro atoms. The van der Waals surface area contributed by atoms with Crippen LogP contribution in [0.15, 0.2) is 218 Å². The summed E-state index contributed by atoms with van der Waals surface area (Å²) in [5, 5.41) is 2.58. The van der Waals surface area contributed by atoms with E-state index in [-0.39, 0.29) is 5.92 Å². The zero-order valence-corrected chi connectivity index (χ0v) is 31.4. The molecule has 0 radical (unpaired) electrons. The average Bonchev–Trinajstić information content (AvgIpc) is 3.56. The Labute approximate surface area is 333 Å². The van der Waals surface area contributed by atoms with E-state index in [4.69, 9.17) is 4.74 Å². The molecular formula is C55H39NO. The maximum absolute atomic E-state index is 7.12. The first-order valence-corrected chi connectivity index (χ1v) is 19.9. The third kappa shape index (κ3) is 5.25. The summed E-state index contributed by atoms with van der Waals surface area (Å²) in [5.74, 6) is 1.94. The van der Waals surface area contributed by atoms with Gasteiger partial charge in [-0.1, -0.05) is 182 Å². The van der Waals surface area contributed by atoms with Gasteiger partial charge < -0.3 is 9.64 Å². The van der Waals surface area contributed by atoms with Crippen molar-refractivity contribution in [3.05, 3.63) is 257 Å². The number of ether oxygens (including phenoxy) is 1. The van der Waals surface area contributed by atoms with Gasteiger partial charge in [-0.3, -0.25) is 0 Å². The maximum atomic E-state index is 7.12. The van der Waals surface area contributed by atoms with E-state index >= 15 is 0 Å². The number of hydrogen-bond acceptors (Lipinski definition) is 2. The van der Waals surface area contributed by atoms with E-state index < -0.39 is 5.41 Å². The third-order valence-corrected chi connectivity index (χ3v) is 12.1. The summed E-state index contributed by atoms with van der Waals surface area (Å²) in [5.41, 5.74) is 14.0. The van der Waals surface area contributed by atoms with Gasteiger partial charge in [0, 0.05) is 28.4 Å². The number of para-hydroxylation sites is 4. The third-order valence-electron chi connectivity index (χ3n) is 12.1. The Bertz CT molecular complexity index is 2870. The van der Waals surface area contributed by atoms with Gasteiger partial charge in [-0.05, 0) is 92.5 Å². The van der Waals surface area contributed by atoms with Gasteiger partial charge in [0.25, 0.3) is 0 Å². The van der Waals surface area contributed by atoms with Gasteiger partial charge in [0.05, 0.1) is 11.1 Å². The number of anilines is 3. The minimum Gasteiger partial charge on any atom is -0.454 e. The zero-order valence-electron chi connectivity index (χ0n) is 31.4. The van der Waals surface area contributed by atoms with Gasteiger partial charge in [-0.15, -0.1) is 0 Å². The predicted molar refractivity (Wildman–Crippen MR) is 234 cm³/mol. The molecule has 0 bridgehead atoms. The minimum atomic E-state index is -0.585. The van der Waals surface area contributed by atoms with Crippen molar-refractivity contribution in [1.29, 1.82) is 0 Å². The lowest BCUT2D eigenvalue weighted by molar-refractivity contribution is 0.437. The number of benzene rings is 9. The van der Waals surface area contributed by atoms with Crippen molar-refractivity contribution in [2.45, 2.75) is 17.8 Å². The van der Waals surface area contributed by atoms with Gasteiger partial charge in [0.2, 0.25) is 0 Å². The summed E-state index contributed by atoms with van der Waals surface area (Å²) in [6.07, 6.45) is 0.879. The van der Waals surface area contributed by atoms with Crippen molar-refractivity contribution in [2.24, 2.45) is 0 Å². The summed E-state index contributed by atoms with van der Waals surface area (Å²) in [6.45, 7) is 0. The van der Waals surface area contributed by atoms with E-state index in [0.717, 1.165) is 46.1 Å². The van der Waals surface area contributed by atoms with Crippen molar-refractivity contribution >= 4 is 27.8 Å². The summed E-state index contributed by atoms with van der Waals surface area (Å²) in [6, 6.07) is 79.4. The zero-order chi connectivity index (χ0) is 37.8. The van der Waals surface area contributed by atoms with E-state index in [0.29, 0.717) is 0 Å². The second-order valence-electron chi connectivity index (χ2n) is 15.2. The van der Waals surface area contributed by atoms with Gasteiger partial charge in [0.15, 0.2) is 5.75 Å². The highest BCUT2D eigenvalue weighted by Crippen LogP contribution is 2.64. The van der Waals surface area contributed by atoms with Crippen LogP contribution in [0.4, 0.5) is 17.1 Å². The Kier molecular flexibility index (Phi) is 7.89. The fourth-order valence-corrected chi connectivity index (χ4v) is 9.73. The largest absolute Gasteiger partial charge is 0.454 e. The molecule has 9 aromatic rings. The molecule has 2 heteroatoms. The Hall–Kier alpha value is -7.16. The second kappa shape index (κ2) is 13.5. The highest BCUT2D eigenvalue weighted by Gasteiger charge is 2.51. The van der Waals surface area contributed by atoms with Crippen LogP contribution in [0.3, 0.4) is 0 Å². The smallest absolute Gasteiger partial charge is 0.156 e. The first-order valence-electron chi connectivity index (χ1n) is 19.9. The van der Waals surface area contributed by atoms with Crippen molar-refractivity contribution < 1.29 is 4.74 Å². The Balaban J connectivity index is 1.12. The Morgan fingerprint density at radius 2 is 1.05 bits per heavy atom. The van der Waals surface area contributed by atoms with Crippen LogP contribution in [0.2, 0.25) is 0 Å². The molecule has 11 rings (SSSR count). The normalized spacial score (nSPS) is 15.2. The van der Waals surface area contributed by atoms with E-state index in [2.05, 4.69) is 223 Å².